The van der Waals surface area contributed by atoms with Crippen molar-refractivity contribution in [2.24, 2.45) is 0 Å². The van der Waals surface area contributed by atoms with E-state index in [-0.39, 0.29) is 5.91 Å². The molecule has 24 heavy (non-hydrogen) atoms. The summed E-state index contributed by atoms with van der Waals surface area (Å²) in [4.78, 5) is 26.7. The largest absolute Gasteiger partial charge is 0.378 e. The molecule has 1 fully saturated rings. The van der Waals surface area contributed by atoms with Crippen molar-refractivity contribution in [1.29, 1.82) is 0 Å². The molecule has 1 aliphatic rings. The first kappa shape index (κ1) is 16.9. The topological polar surface area (TPSA) is 49.3 Å². The van der Waals surface area contributed by atoms with Gasteiger partial charge in [-0.3, -0.25) is 9.78 Å². The van der Waals surface area contributed by atoms with E-state index in [4.69, 9.17) is 4.98 Å². The highest BCUT2D eigenvalue weighted by Crippen LogP contribution is 2.30. The smallest absolute Gasteiger partial charge is 0.265 e. The summed E-state index contributed by atoms with van der Waals surface area (Å²) in [5, 5.41) is 0.947. The van der Waals surface area contributed by atoms with Crippen LogP contribution in [0.1, 0.15) is 44.1 Å². The van der Waals surface area contributed by atoms with Gasteiger partial charge in [0, 0.05) is 50.2 Å². The van der Waals surface area contributed by atoms with Crippen LogP contribution in [-0.4, -0.2) is 48.0 Å². The number of anilines is 1. The molecule has 1 amide bonds. The molecule has 0 spiro atoms. The number of aromatic nitrogens is 2. The van der Waals surface area contributed by atoms with Gasteiger partial charge in [0.05, 0.1) is 10.7 Å². The third-order valence-corrected chi connectivity index (χ3v) is 5.53. The van der Waals surface area contributed by atoms with E-state index in [1.165, 1.54) is 11.3 Å². The van der Waals surface area contributed by atoms with Crippen molar-refractivity contribution in [3.63, 3.8) is 0 Å². The maximum Gasteiger partial charge on any atom is 0.265 e. The average Bonchev–Trinajstić information content (AvgIpc) is 3.12. The van der Waals surface area contributed by atoms with Gasteiger partial charge in [-0.1, -0.05) is 0 Å². The fraction of sp³-hybridized carbons (Fsp3) is 0.500. The zero-order chi connectivity index (χ0) is 17.4. The predicted octanol–water partition coefficient (Wildman–Crippen LogP) is 3.16. The van der Waals surface area contributed by atoms with Gasteiger partial charge in [0.1, 0.15) is 4.88 Å². The van der Waals surface area contributed by atoms with E-state index < -0.39 is 0 Å². The molecule has 128 valence electrons. The SMILES string of the molecule is Cc1cc(N(C)C)cc(C2CCN(C(=O)c3sc(C)nc3C)C2)n1. The summed E-state index contributed by atoms with van der Waals surface area (Å²) < 4.78 is 0. The molecule has 0 N–H and O–H groups in total. The summed E-state index contributed by atoms with van der Waals surface area (Å²) in [6.45, 7) is 7.40. The van der Waals surface area contributed by atoms with Crippen molar-refractivity contribution in [3.8, 4) is 0 Å². The number of nitrogens with zero attached hydrogens (tertiary/aromatic N) is 4. The van der Waals surface area contributed by atoms with E-state index in [9.17, 15) is 4.79 Å². The second-order valence-electron chi connectivity index (χ2n) is 6.67. The lowest BCUT2D eigenvalue weighted by atomic mass is 10.0. The Morgan fingerprint density at radius 3 is 2.62 bits per heavy atom. The lowest BCUT2D eigenvalue weighted by molar-refractivity contribution is 0.0794. The van der Waals surface area contributed by atoms with Gasteiger partial charge >= 0.3 is 0 Å². The van der Waals surface area contributed by atoms with E-state index in [0.717, 1.165) is 52.2 Å². The summed E-state index contributed by atoms with van der Waals surface area (Å²) in [5.41, 5.74) is 4.12. The molecule has 6 heteroatoms. The number of pyridine rings is 1. The van der Waals surface area contributed by atoms with Crippen LogP contribution < -0.4 is 4.90 Å². The average molecular weight is 344 g/mol. The van der Waals surface area contributed by atoms with Crippen molar-refractivity contribution in [2.75, 3.05) is 32.1 Å². The number of hydrogen-bond acceptors (Lipinski definition) is 5. The van der Waals surface area contributed by atoms with Crippen molar-refractivity contribution < 1.29 is 4.79 Å². The molecule has 1 atom stereocenters. The maximum atomic E-state index is 12.8. The normalized spacial score (nSPS) is 17.4. The van der Waals surface area contributed by atoms with Crippen molar-refractivity contribution >= 4 is 22.9 Å². The Hall–Kier alpha value is -1.95. The second kappa shape index (κ2) is 6.51. The molecule has 0 aliphatic carbocycles. The molecule has 3 rings (SSSR count). The number of aryl methyl sites for hydroxylation is 3. The molecular formula is C18H24N4OS. The van der Waals surface area contributed by atoms with Gasteiger partial charge in [-0.15, -0.1) is 11.3 Å². The minimum atomic E-state index is 0.112. The van der Waals surface area contributed by atoms with Gasteiger partial charge in [0.15, 0.2) is 0 Å². The Kier molecular flexibility index (Phi) is 4.58. The lowest BCUT2D eigenvalue weighted by Gasteiger charge is -2.18. The van der Waals surface area contributed by atoms with Gasteiger partial charge in [-0.05, 0) is 39.3 Å². The minimum absolute atomic E-state index is 0.112. The molecule has 1 unspecified atom stereocenters. The van der Waals surface area contributed by atoms with Crippen LogP contribution in [0.2, 0.25) is 0 Å². The lowest BCUT2D eigenvalue weighted by Crippen LogP contribution is -2.28. The summed E-state index contributed by atoms with van der Waals surface area (Å²) in [5.74, 6) is 0.419. The number of carbonyl (C=O) groups is 1. The van der Waals surface area contributed by atoms with E-state index in [2.05, 4.69) is 22.0 Å². The Labute approximate surface area is 147 Å². The van der Waals surface area contributed by atoms with Crippen LogP contribution in [0.15, 0.2) is 12.1 Å². The van der Waals surface area contributed by atoms with Crippen molar-refractivity contribution in [2.45, 2.75) is 33.1 Å². The van der Waals surface area contributed by atoms with Crippen LogP contribution in [-0.2, 0) is 0 Å². The number of carbonyl (C=O) groups excluding carboxylic acids is 1. The third-order valence-electron chi connectivity index (χ3n) is 4.47. The van der Waals surface area contributed by atoms with Gasteiger partial charge in [0.25, 0.3) is 5.91 Å². The Balaban J connectivity index is 1.78. The highest BCUT2D eigenvalue weighted by molar-refractivity contribution is 7.13. The quantitative estimate of drug-likeness (QED) is 0.858. The Bertz CT molecular complexity index is 768. The molecule has 3 heterocycles. The van der Waals surface area contributed by atoms with Gasteiger partial charge in [-0.25, -0.2) is 4.98 Å². The summed E-state index contributed by atoms with van der Waals surface area (Å²) in [6.07, 6.45) is 0.964. The van der Waals surface area contributed by atoms with Crippen molar-refractivity contribution in [3.05, 3.63) is 39.1 Å². The first-order valence-corrected chi connectivity index (χ1v) is 9.06. The Morgan fingerprint density at radius 1 is 1.25 bits per heavy atom. The first-order chi connectivity index (χ1) is 11.3. The van der Waals surface area contributed by atoms with E-state index in [0.29, 0.717) is 5.92 Å². The molecular weight excluding hydrogens is 320 g/mol. The maximum absolute atomic E-state index is 12.8. The standard InChI is InChI=1S/C18H24N4OS/c1-11-8-15(21(4)5)9-16(19-11)14-6-7-22(10-14)18(23)17-12(2)20-13(3)24-17/h8-9,14H,6-7,10H2,1-5H3. The molecule has 2 aromatic rings. The summed E-state index contributed by atoms with van der Waals surface area (Å²) >= 11 is 1.49. The molecule has 0 radical (unpaired) electrons. The summed E-state index contributed by atoms with van der Waals surface area (Å²) in [7, 11) is 4.08. The molecule has 0 aromatic carbocycles. The zero-order valence-electron chi connectivity index (χ0n) is 15.0. The predicted molar refractivity (Wildman–Crippen MR) is 98.2 cm³/mol. The molecule has 1 saturated heterocycles. The van der Waals surface area contributed by atoms with Crippen LogP contribution in [0, 0.1) is 20.8 Å². The fourth-order valence-corrected chi connectivity index (χ4v) is 4.09. The molecule has 1 aliphatic heterocycles. The van der Waals surface area contributed by atoms with Crippen LogP contribution >= 0.6 is 11.3 Å². The van der Waals surface area contributed by atoms with E-state index in [1.807, 2.05) is 39.8 Å². The van der Waals surface area contributed by atoms with Gasteiger partial charge in [-0.2, -0.15) is 0 Å². The number of thiazole rings is 1. The number of likely N-dealkylation sites (tertiary alicyclic amines) is 1. The van der Waals surface area contributed by atoms with E-state index >= 15 is 0 Å². The van der Waals surface area contributed by atoms with Crippen LogP contribution in [0.3, 0.4) is 0 Å². The summed E-state index contributed by atoms with van der Waals surface area (Å²) in [6, 6.07) is 4.23. The van der Waals surface area contributed by atoms with Crippen LogP contribution in [0.4, 0.5) is 5.69 Å². The Morgan fingerprint density at radius 2 is 2.00 bits per heavy atom. The second-order valence-corrected chi connectivity index (χ2v) is 7.87. The number of rotatable bonds is 3. The van der Waals surface area contributed by atoms with Crippen LogP contribution in [0.5, 0.6) is 0 Å². The molecule has 2 aromatic heterocycles. The monoisotopic (exact) mass is 344 g/mol. The van der Waals surface area contributed by atoms with Gasteiger partial charge < -0.3 is 9.80 Å². The number of amides is 1. The highest BCUT2D eigenvalue weighted by Gasteiger charge is 2.30. The van der Waals surface area contributed by atoms with Crippen molar-refractivity contribution in [1.82, 2.24) is 14.9 Å². The highest BCUT2D eigenvalue weighted by atomic mass is 32.1. The molecule has 5 nitrogen and oxygen atoms in total. The van der Waals surface area contributed by atoms with E-state index in [1.54, 1.807) is 0 Å². The minimum Gasteiger partial charge on any atom is -0.378 e. The molecule has 0 saturated carbocycles. The van der Waals surface area contributed by atoms with Gasteiger partial charge in [0.2, 0.25) is 0 Å². The molecule has 0 bridgehead atoms. The first-order valence-electron chi connectivity index (χ1n) is 8.24. The third kappa shape index (κ3) is 3.29. The fourth-order valence-electron chi connectivity index (χ4n) is 3.20. The number of hydrogen-bond donors (Lipinski definition) is 0. The van der Waals surface area contributed by atoms with Crippen LogP contribution in [0.25, 0.3) is 0 Å². The zero-order valence-corrected chi connectivity index (χ0v) is 15.8.